The summed E-state index contributed by atoms with van der Waals surface area (Å²) in [5.41, 5.74) is -1.33. The van der Waals surface area contributed by atoms with Gasteiger partial charge in [0.15, 0.2) is 0 Å². The molecule has 0 bridgehead atoms. The Kier molecular flexibility index (Phi) is 3.31. The van der Waals surface area contributed by atoms with Crippen molar-refractivity contribution in [3.63, 3.8) is 0 Å². The van der Waals surface area contributed by atoms with Gasteiger partial charge in [0.2, 0.25) is 11.8 Å². The summed E-state index contributed by atoms with van der Waals surface area (Å²) in [5.74, 6) is 0.0247. The van der Waals surface area contributed by atoms with Crippen molar-refractivity contribution < 1.29 is 9.59 Å². The van der Waals surface area contributed by atoms with Crippen molar-refractivity contribution in [1.29, 1.82) is 0 Å². The summed E-state index contributed by atoms with van der Waals surface area (Å²) in [5, 5.41) is 2.79. The number of piperazine rings is 1. The van der Waals surface area contributed by atoms with Gasteiger partial charge in [-0.1, -0.05) is 13.8 Å². The second kappa shape index (κ2) is 4.07. The third-order valence-electron chi connectivity index (χ3n) is 3.34. The molecule has 0 aromatic carbocycles. The van der Waals surface area contributed by atoms with Gasteiger partial charge in [0, 0.05) is 6.54 Å². The van der Waals surface area contributed by atoms with E-state index < -0.39 is 11.1 Å². The number of nitrogens with one attached hydrogen (secondary N) is 1. The Bertz CT molecular complexity index is 312. The van der Waals surface area contributed by atoms with Crippen LogP contribution in [-0.4, -0.2) is 34.3 Å². The first-order valence-corrected chi connectivity index (χ1v) is 6.03. The van der Waals surface area contributed by atoms with Gasteiger partial charge in [0.1, 0.15) is 11.1 Å². The summed E-state index contributed by atoms with van der Waals surface area (Å²) in [6, 6.07) is 0. The van der Waals surface area contributed by atoms with Gasteiger partial charge in [-0.25, -0.2) is 0 Å². The maximum atomic E-state index is 12.0. The SMILES string of the molecule is CC.CC1(C)NC(=O)[C@]2(C)CCCN2C1=O. The summed E-state index contributed by atoms with van der Waals surface area (Å²) in [6.07, 6.45) is 1.70. The lowest BCUT2D eigenvalue weighted by atomic mass is 9.89. The lowest BCUT2D eigenvalue weighted by Crippen LogP contribution is -2.71. The lowest BCUT2D eigenvalue weighted by Gasteiger charge is -2.45. The monoisotopic (exact) mass is 226 g/mol. The fraction of sp³-hybridized carbons (Fsp3) is 0.833. The van der Waals surface area contributed by atoms with Crippen LogP contribution in [0.3, 0.4) is 0 Å². The minimum absolute atomic E-state index is 0.0143. The molecule has 2 rings (SSSR count). The van der Waals surface area contributed by atoms with Gasteiger partial charge in [-0.3, -0.25) is 9.59 Å². The fourth-order valence-electron chi connectivity index (χ4n) is 2.33. The smallest absolute Gasteiger partial charge is 0.248 e. The molecule has 0 spiro atoms. The Hall–Kier alpha value is -1.06. The number of rotatable bonds is 0. The van der Waals surface area contributed by atoms with Crippen LogP contribution in [0.5, 0.6) is 0 Å². The molecule has 0 aromatic heterocycles. The molecule has 0 radical (unpaired) electrons. The highest BCUT2D eigenvalue weighted by atomic mass is 16.2. The molecule has 2 aliphatic rings. The molecule has 92 valence electrons. The Morgan fingerprint density at radius 3 is 2.31 bits per heavy atom. The van der Waals surface area contributed by atoms with E-state index in [0.717, 1.165) is 12.8 Å². The van der Waals surface area contributed by atoms with Crippen molar-refractivity contribution in [2.45, 2.75) is 58.5 Å². The molecule has 4 heteroatoms. The molecule has 16 heavy (non-hydrogen) atoms. The summed E-state index contributed by atoms with van der Waals surface area (Å²) in [7, 11) is 0. The number of carbonyl (C=O) groups excluding carboxylic acids is 2. The van der Waals surface area contributed by atoms with Crippen LogP contribution in [0.4, 0.5) is 0 Å². The van der Waals surface area contributed by atoms with Gasteiger partial charge in [-0.15, -0.1) is 0 Å². The van der Waals surface area contributed by atoms with Crippen molar-refractivity contribution in [2.75, 3.05) is 6.54 Å². The molecule has 2 saturated heterocycles. The Balaban J connectivity index is 0.000000606. The van der Waals surface area contributed by atoms with E-state index in [-0.39, 0.29) is 11.8 Å². The Morgan fingerprint density at radius 1 is 1.19 bits per heavy atom. The van der Waals surface area contributed by atoms with Gasteiger partial charge in [-0.05, 0) is 33.6 Å². The number of nitrogens with zero attached hydrogens (tertiary/aromatic N) is 1. The van der Waals surface area contributed by atoms with Gasteiger partial charge >= 0.3 is 0 Å². The van der Waals surface area contributed by atoms with Gasteiger partial charge < -0.3 is 10.2 Å². The zero-order chi connectivity index (χ0) is 12.6. The van der Waals surface area contributed by atoms with E-state index in [1.807, 2.05) is 20.8 Å². The van der Waals surface area contributed by atoms with Gasteiger partial charge in [-0.2, -0.15) is 0 Å². The average Bonchev–Trinajstić information content (AvgIpc) is 2.62. The largest absolute Gasteiger partial charge is 0.340 e. The minimum atomic E-state index is -0.735. The van der Waals surface area contributed by atoms with Crippen LogP contribution in [-0.2, 0) is 9.59 Å². The Labute approximate surface area is 97.4 Å². The third kappa shape index (κ3) is 1.70. The predicted molar refractivity (Wildman–Crippen MR) is 62.9 cm³/mol. The zero-order valence-electron chi connectivity index (χ0n) is 10.9. The lowest BCUT2D eigenvalue weighted by molar-refractivity contribution is -0.157. The molecule has 2 heterocycles. The minimum Gasteiger partial charge on any atom is -0.340 e. The normalized spacial score (nSPS) is 31.4. The molecule has 1 atom stereocenters. The van der Waals surface area contributed by atoms with E-state index in [0.29, 0.717) is 6.54 Å². The molecule has 0 unspecified atom stereocenters. The van der Waals surface area contributed by atoms with Crippen LogP contribution >= 0.6 is 0 Å². The highest BCUT2D eigenvalue weighted by Crippen LogP contribution is 2.34. The number of fused-ring (bicyclic) bond motifs is 1. The van der Waals surface area contributed by atoms with Crippen molar-refractivity contribution in [3.05, 3.63) is 0 Å². The summed E-state index contributed by atoms with van der Waals surface area (Å²) in [4.78, 5) is 25.6. The fourth-order valence-corrected chi connectivity index (χ4v) is 2.33. The standard InChI is InChI=1S/C10H16N2O2.C2H6/c1-9(2)8(14)12-6-4-5-10(12,3)7(13)11-9;1-2/h4-6H2,1-3H3,(H,11,13);1-2H3/t10-;/m0./s1. The van der Waals surface area contributed by atoms with Crippen molar-refractivity contribution in [3.8, 4) is 0 Å². The average molecular weight is 226 g/mol. The quantitative estimate of drug-likeness (QED) is 0.677. The van der Waals surface area contributed by atoms with E-state index in [9.17, 15) is 9.59 Å². The van der Waals surface area contributed by atoms with Crippen LogP contribution in [0.25, 0.3) is 0 Å². The number of hydrogen-bond acceptors (Lipinski definition) is 2. The van der Waals surface area contributed by atoms with Crippen LogP contribution < -0.4 is 5.32 Å². The number of amides is 2. The van der Waals surface area contributed by atoms with E-state index in [1.54, 1.807) is 18.7 Å². The van der Waals surface area contributed by atoms with Crippen molar-refractivity contribution in [1.82, 2.24) is 10.2 Å². The van der Waals surface area contributed by atoms with Gasteiger partial charge in [0.25, 0.3) is 0 Å². The van der Waals surface area contributed by atoms with Crippen LogP contribution in [0.2, 0.25) is 0 Å². The first-order valence-electron chi connectivity index (χ1n) is 6.03. The number of carbonyl (C=O) groups is 2. The molecule has 0 saturated carbocycles. The highest BCUT2D eigenvalue weighted by molar-refractivity contribution is 6.02. The maximum Gasteiger partial charge on any atom is 0.248 e. The molecule has 0 aromatic rings. The second-order valence-corrected chi connectivity index (χ2v) is 4.91. The molecule has 4 nitrogen and oxygen atoms in total. The maximum absolute atomic E-state index is 12.0. The molecule has 2 fully saturated rings. The Morgan fingerprint density at radius 2 is 1.75 bits per heavy atom. The van der Waals surface area contributed by atoms with Gasteiger partial charge in [0.05, 0.1) is 0 Å². The van der Waals surface area contributed by atoms with E-state index >= 15 is 0 Å². The highest BCUT2D eigenvalue weighted by Gasteiger charge is 2.54. The molecule has 2 amide bonds. The summed E-state index contributed by atoms with van der Waals surface area (Å²) < 4.78 is 0. The van der Waals surface area contributed by atoms with Crippen LogP contribution in [0.1, 0.15) is 47.5 Å². The summed E-state index contributed by atoms with van der Waals surface area (Å²) >= 11 is 0. The van der Waals surface area contributed by atoms with Crippen LogP contribution in [0.15, 0.2) is 0 Å². The second-order valence-electron chi connectivity index (χ2n) is 4.91. The zero-order valence-corrected chi connectivity index (χ0v) is 10.9. The first kappa shape index (κ1) is 13.0. The van der Waals surface area contributed by atoms with E-state index in [1.165, 1.54) is 0 Å². The van der Waals surface area contributed by atoms with Crippen molar-refractivity contribution in [2.24, 2.45) is 0 Å². The van der Waals surface area contributed by atoms with E-state index in [2.05, 4.69) is 5.32 Å². The molecule has 1 N–H and O–H groups in total. The first-order chi connectivity index (χ1) is 7.38. The predicted octanol–water partition coefficient (Wildman–Crippen LogP) is 1.30. The third-order valence-corrected chi connectivity index (χ3v) is 3.34. The molecule has 2 aliphatic heterocycles. The molecular formula is C12H22N2O2. The van der Waals surface area contributed by atoms with E-state index in [4.69, 9.17) is 0 Å². The summed E-state index contributed by atoms with van der Waals surface area (Å²) in [6.45, 7) is 10.1. The van der Waals surface area contributed by atoms with Crippen molar-refractivity contribution >= 4 is 11.8 Å². The number of hydrogen-bond donors (Lipinski definition) is 1. The topological polar surface area (TPSA) is 49.4 Å². The molecule has 0 aliphatic carbocycles. The molecular weight excluding hydrogens is 204 g/mol. The van der Waals surface area contributed by atoms with Crippen LogP contribution in [0, 0.1) is 0 Å².